The van der Waals surface area contributed by atoms with Crippen molar-refractivity contribution in [3.8, 4) is 11.3 Å². The van der Waals surface area contributed by atoms with Crippen LogP contribution in [0.2, 0.25) is 0 Å². The summed E-state index contributed by atoms with van der Waals surface area (Å²) in [6.07, 6.45) is -3.63. The number of benzene rings is 2. The first kappa shape index (κ1) is 16.3. The predicted octanol–water partition coefficient (Wildman–Crippen LogP) is 5.79. The van der Waals surface area contributed by atoms with Crippen LogP contribution in [0.3, 0.4) is 0 Å². The van der Waals surface area contributed by atoms with E-state index in [0.717, 1.165) is 34.9 Å². The molecule has 0 saturated heterocycles. The zero-order valence-electron chi connectivity index (χ0n) is 13.2. The maximum absolute atomic E-state index is 12.7. The summed E-state index contributed by atoms with van der Waals surface area (Å²) in [6, 6.07) is 10.6. The third-order valence-corrected chi connectivity index (χ3v) is 4.15. The van der Waals surface area contributed by atoms with E-state index in [9.17, 15) is 18.0 Å². The molecule has 0 aliphatic rings. The number of aldehydes is 1. The van der Waals surface area contributed by atoms with Gasteiger partial charge in [-0.3, -0.25) is 4.79 Å². The van der Waals surface area contributed by atoms with Gasteiger partial charge in [-0.1, -0.05) is 32.0 Å². The minimum Gasteiger partial charge on any atom is -0.354 e. The number of rotatable bonds is 3. The molecule has 0 bridgehead atoms. The van der Waals surface area contributed by atoms with Gasteiger partial charge in [0.05, 0.1) is 11.3 Å². The number of carbonyl (C=O) groups is 1. The Balaban J connectivity index is 2.14. The molecule has 2 aromatic carbocycles. The molecule has 0 atom stereocenters. The predicted molar refractivity (Wildman–Crippen MR) is 88.2 cm³/mol. The molecule has 2 nitrogen and oxygen atoms in total. The number of carbonyl (C=O) groups excluding carboxylic acids is 1. The number of hydrogen-bond acceptors (Lipinski definition) is 1. The second-order valence-corrected chi connectivity index (χ2v) is 6.07. The Kier molecular flexibility index (Phi) is 3.95. The molecule has 0 saturated carbocycles. The molecule has 1 aromatic heterocycles. The van der Waals surface area contributed by atoms with Gasteiger partial charge < -0.3 is 4.98 Å². The Labute approximate surface area is 137 Å². The highest BCUT2D eigenvalue weighted by Gasteiger charge is 2.30. The molecule has 3 rings (SSSR count). The number of aromatic amines is 1. The number of aromatic nitrogens is 1. The summed E-state index contributed by atoms with van der Waals surface area (Å²) in [7, 11) is 0. The molecule has 0 amide bonds. The molecule has 0 fully saturated rings. The lowest BCUT2D eigenvalue weighted by molar-refractivity contribution is -0.137. The lowest BCUT2D eigenvalue weighted by Crippen LogP contribution is -2.04. The highest BCUT2D eigenvalue weighted by atomic mass is 19.4. The van der Waals surface area contributed by atoms with E-state index in [1.54, 1.807) is 0 Å². The molecule has 5 heteroatoms. The molecule has 1 N–H and O–H groups in total. The van der Waals surface area contributed by atoms with Crippen LogP contribution in [-0.2, 0) is 6.18 Å². The van der Waals surface area contributed by atoms with E-state index in [2.05, 4.69) is 18.8 Å². The van der Waals surface area contributed by atoms with Gasteiger partial charge in [0, 0.05) is 16.5 Å². The number of fused-ring (bicyclic) bond motifs is 1. The van der Waals surface area contributed by atoms with E-state index < -0.39 is 11.7 Å². The summed E-state index contributed by atoms with van der Waals surface area (Å²) < 4.78 is 38.1. The molecule has 24 heavy (non-hydrogen) atoms. The van der Waals surface area contributed by atoms with Crippen LogP contribution in [-0.4, -0.2) is 11.3 Å². The molecule has 0 aliphatic carbocycles. The van der Waals surface area contributed by atoms with Gasteiger partial charge in [-0.15, -0.1) is 0 Å². The van der Waals surface area contributed by atoms with Crippen molar-refractivity contribution in [3.05, 3.63) is 59.2 Å². The third kappa shape index (κ3) is 2.82. The summed E-state index contributed by atoms with van der Waals surface area (Å²) >= 11 is 0. The summed E-state index contributed by atoms with van der Waals surface area (Å²) in [5, 5.41) is 0.783. The largest absolute Gasteiger partial charge is 0.416 e. The Hall–Kier alpha value is -2.56. The third-order valence-electron chi connectivity index (χ3n) is 4.15. The molecule has 0 unspecified atom stereocenters. The number of nitrogens with one attached hydrogen (secondary N) is 1. The first-order chi connectivity index (χ1) is 11.3. The van der Waals surface area contributed by atoms with Crippen LogP contribution in [0.15, 0.2) is 42.5 Å². The second kappa shape index (κ2) is 5.82. The average molecular weight is 331 g/mol. The SMILES string of the molecule is CC(C)c1ccc2[nH]c(-c3ccc(C(F)(F)F)cc3)c(C=O)c2c1. The number of alkyl halides is 3. The van der Waals surface area contributed by atoms with Crippen molar-refractivity contribution >= 4 is 17.2 Å². The van der Waals surface area contributed by atoms with Crippen molar-refractivity contribution in [1.82, 2.24) is 4.98 Å². The van der Waals surface area contributed by atoms with E-state index in [1.807, 2.05) is 18.2 Å². The minimum atomic E-state index is -4.38. The van der Waals surface area contributed by atoms with E-state index in [0.29, 0.717) is 22.7 Å². The van der Waals surface area contributed by atoms with E-state index >= 15 is 0 Å². The van der Waals surface area contributed by atoms with Crippen LogP contribution in [0.25, 0.3) is 22.2 Å². The zero-order chi connectivity index (χ0) is 17.5. The molecule has 0 aliphatic heterocycles. The molecule has 1 heterocycles. The van der Waals surface area contributed by atoms with E-state index in [1.165, 1.54) is 12.1 Å². The summed E-state index contributed by atoms with van der Waals surface area (Å²) in [5.74, 6) is 0.318. The summed E-state index contributed by atoms with van der Waals surface area (Å²) in [4.78, 5) is 14.7. The van der Waals surface area contributed by atoms with Gasteiger partial charge in [-0.05, 0) is 41.3 Å². The smallest absolute Gasteiger partial charge is 0.354 e. The van der Waals surface area contributed by atoms with Crippen LogP contribution in [0, 0.1) is 0 Å². The van der Waals surface area contributed by atoms with Crippen LogP contribution in [0.5, 0.6) is 0 Å². The lowest BCUT2D eigenvalue weighted by atomic mass is 9.99. The first-order valence-corrected chi connectivity index (χ1v) is 7.59. The van der Waals surface area contributed by atoms with E-state index in [4.69, 9.17) is 0 Å². The van der Waals surface area contributed by atoms with E-state index in [-0.39, 0.29) is 0 Å². The average Bonchev–Trinajstić information content (AvgIpc) is 2.91. The van der Waals surface area contributed by atoms with Crippen molar-refractivity contribution in [3.63, 3.8) is 0 Å². The Bertz CT molecular complexity index is 889. The van der Waals surface area contributed by atoms with Crippen molar-refractivity contribution in [2.75, 3.05) is 0 Å². The Morgan fingerprint density at radius 1 is 1.04 bits per heavy atom. The van der Waals surface area contributed by atoms with Crippen LogP contribution >= 0.6 is 0 Å². The highest BCUT2D eigenvalue weighted by molar-refractivity contribution is 6.04. The zero-order valence-corrected chi connectivity index (χ0v) is 13.2. The molecular formula is C19H16F3NO. The molecule has 3 aromatic rings. The topological polar surface area (TPSA) is 32.9 Å². The lowest BCUT2D eigenvalue weighted by Gasteiger charge is -2.07. The van der Waals surface area contributed by atoms with Crippen molar-refractivity contribution < 1.29 is 18.0 Å². The maximum atomic E-state index is 12.7. The van der Waals surface area contributed by atoms with Crippen molar-refractivity contribution in [2.45, 2.75) is 25.9 Å². The number of hydrogen-bond donors (Lipinski definition) is 1. The van der Waals surface area contributed by atoms with Gasteiger partial charge in [-0.25, -0.2) is 0 Å². The first-order valence-electron chi connectivity index (χ1n) is 7.59. The molecular weight excluding hydrogens is 315 g/mol. The van der Waals surface area contributed by atoms with Gasteiger partial charge in [0.1, 0.15) is 0 Å². The Morgan fingerprint density at radius 3 is 2.25 bits per heavy atom. The second-order valence-electron chi connectivity index (χ2n) is 6.07. The number of H-pyrrole nitrogens is 1. The van der Waals surface area contributed by atoms with Gasteiger partial charge in [0.25, 0.3) is 0 Å². The monoisotopic (exact) mass is 331 g/mol. The van der Waals surface area contributed by atoms with Crippen LogP contribution < -0.4 is 0 Å². The van der Waals surface area contributed by atoms with Gasteiger partial charge in [0.15, 0.2) is 6.29 Å². The fraction of sp³-hybridized carbons (Fsp3) is 0.211. The van der Waals surface area contributed by atoms with Crippen molar-refractivity contribution in [1.29, 1.82) is 0 Å². The minimum absolute atomic E-state index is 0.318. The maximum Gasteiger partial charge on any atom is 0.416 e. The summed E-state index contributed by atoms with van der Waals surface area (Å²) in [5.41, 5.74) is 2.73. The fourth-order valence-corrected chi connectivity index (χ4v) is 2.77. The normalized spacial score (nSPS) is 12.1. The number of halogens is 3. The van der Waals surface area contributed by atoms with Crippen LogP contribution in [0.4, 0.5) is 13.2 Å². The Morgan fingerprint density at radius 2 is 1.71 bits per heavy atom. The summed E-state index contributed by atoms with van der Waals surface area (Å²) in [6.45, 7) is 4.12. The van der Waals surface area contributed by atoms with Gasteiger partial charge in [-0.2, -0.15) is 13.2 Å². The molecule has 0 radical (unpaired) electrons. The quantitative estimate of drug-likeness (QED) is 0.605. The highest BCUT2D eigenvalue weighted by Crippen LogP contribution is 2.34. The van der Waals surface area contributed by atoms with Crippen LogP contribution in [0.1, 0.15) is 41.3 Å². The molecule has 0 spiro atoms. The van der Waals surface area contributed by atoms with Crippen molar-refractivity contribution in [2.24, 2.45) is 0 Å². The van der Waals surface area contributed by atoms with Gasteiger partial charge in [0.2, 0.25) is 0 Å². The fourth-order valence-electron chi connectivity index (χ4n) is 2.77. The molecule has 124 valence electrons. The van der Waals surface area contributed by atoms with Gasteiger partial charge >= 0.3 is 6.18 Å². The standard InChI is InChI=1S/C19H16F3NO/c1-11(2)13-5-8-17-15(9-13)16(10-24)18(23-17)12-3-6-14(7-4-12)19(20,21)22/h3-11,23H,1-2H3.